The average Bonchev–Trinajstić information content (AvgIpc) is 3.25. The van der Waals surface area contributed by atoms with E-state index in [0.29, 0.717) is 12.3 Å². The third-order valence-corrected chi connectivity index (χ3v) is 10.7. The molecule has 0 spiro atoms. The summed E-state index contributed by atoms with van der Waals surface area (Å²) < 4.78 is 15.9. The van der Waals surface area contributed by atoms with Crippen molar-refractivity contribution in [2.45, 2.75) is 45.2 Å². The molecule has 0 saturated heterocycles. The molecule has 5 aromatic carbocycles. The van der Waals surface area contributed by atoms with E-state index >= 15 is 4.39 Å². The molecule has 1 aliphatic carbocycles. The van der Waals surface area contributed by atoms with Crippen LogP contribution in [0.4, 0.5) is 32.8 Å². The summed E-state index contributed by atoms with van der Waals surface area (Å²) in [4.78, 5) is 4.92. The summed E-state index contributed by atoms with van der Waals surface area (Å²) in [5, 5.41) is 0. The second-order valence-corrected chi connectivity index (χ2v) is 13.5. The Labute approximate surface area is 253 Å². The Morgan fingerprint density at radius 2 is 1.47 bits per heavy atom. The van der Waals surface area contributed by atoms with Gasteiger partial charge in [0, 0.05) is 46.0 Å². The average molecular weight is 561 g/mol. The second kappa shape index (κ2) is 8.86. The summed E-state index contributed by atoms with van der Waals surface area (Å²) in [5.41, 5.74) is 16.0. The molecule has 0 radical (unpaired) electrons. The zero-order valence-corrected chi connectivity index (χ0v) is 24.9. The molecule has 2 nitrogen and oxygen atoms in total. The van der Waals surface area contributed by atoms with E-state index in [1.807, 2.05) is 6.07 Å². The number of halogens is 1. The lowest BCUT2D eigenvalue weighted by atomic mass is 9.33. The van der Waals surface area contributed by atoms with Crippen molar-refractivity contribution < 1.29 is 4.39 Å². The van der Waals surface area contributed by atoms with Crippen molar-refractivity contribution in [2.24, 2.45) is 5.92 Å². The van der Waals surface area contributed by atoms with Gasteiger partial charge in [-0.15, -0.1) is 0 Å². The van der Waals surface area contributed by atoms with Gasteiger partial charge in [-0.1, -0.05) is 93.6 Å². The van der Waals surface area contributed by atoms with Gasteiger partial charge in [-0.2, -0.15) is 0 Å². The minimum Gasteiger partial charge on any atom is -0.342 e. The number of benzene rings is 5. The smallest absolute Gasteiger partial charge is 0.252 e. The van der Waals surface area contributed by atoms with Gasteiger partial charge < -0.3 is 9.80 Å². The van der Waals surface area contributed by atoms with Gasteiger partial charge in [0.05, 0.1) is 0 Å². The van der Waals surface area contributed by atoms with E-state index in [0.717, 1.165) is 24.2 Å². The number of hydrogen-bond donors (Lipinski definition) is 0. The van der Waals surface area contributed by atoms with Crippen LogP contribution in [-0.2, 0) is 5.41 Å². The summed E-state index contributed by atoms with van der Waals surface area (Å²) in [5.74, 6) is 0.334. The van der Waals surface area contributed by atoms with E-state index in [4.69, 9.17) is 0 Å². The monoisotopic (exact) mass is 560 g/mol. The zero-order chi connectivity index (χ0) is 29.0. The molecular weight excluding hydrogens is 526 g/mol. The molecule has 9 rings (SSSR count). The standard InChI is InChI=1S/C39H34BFN2/c1-24-20-21-42-35-16-9-17-36-37(35)40(32-14-8-11-28(38(32)42)33(41)22-24)31-13-6-7-15-34(31)43(36)25-18-19-27-26-10-4-5-12-29(26)39(2,3)30(27)23-25/h4-19,23-24,33H,20-22H2,1-3H3. The lowest BCUT2D eigenvalue weighted by molar-refractivity contribution is 0.272. The van der Waals surface area contributed by atoms with Crippen LogP contribution in [0.1, 0.15) is 56.5 Å². The Kier molecular flexibility index (Phi) is 5.19. The molecule has 0 amide bonds. The SMILES string of the molecule is CC1CCN2c3cccc4c3B(c3ccccc3N4c3ccc4c(c3)C(C)(C)c3ccccc3-4)c3cccc(c32)C(F)C1. The van der Waals surface area contributed by atoms with Crippen LogP contribution in [-0.4, -0.2) is 13.3 Å². The van der Waals surface area contributed by atoms with Crippen LogP contribution in [0, 0.1) is 5.92 Å². The fourth-order valence-corrected chi connectivity index (χ4v) is 8.60. The van der Waals surface area contributed by atoms with Gasteiger partial charge in [-0.3, -0.25) is 0 Å². The van der Waals surface area contributed by atoms with Gasteiger partial charge in [0.2, 0.25) is 0 Å². The van der Waals surface area contributed by atoms with Crippen molar-refractivity contribution in [3.63, 3.8) is 0 Å². The fraction of sp³-hybridized carbons (Fsp3) is 0.231. The topological polar surface area (TPSA) is 6.48 Å². The first-order valence-corrected chi connectivity index (χ1v) is 15.7. The van der Waals surface area contributed by atoms with Gasteiger partial charge in [0.1, 0.15) is 6.17 Å². The molecule has 0 N–H and O–H groups in total. The molecule has 3 heterocycles. The number of fused-ring (bicyclic) bond motifs is 7. The summed E-state index contributed by atoms with van der Waals surface area (Å²) in [6.45, 7) is 7.85. The largest absolute Gasteiger partial charge is 0.342 e. The third kappa shape index (κ3) is 3.35. The normalized spacial score (nSPS) is 20.3. The molecule has 43 heavy (non-hydrogen) atoms. The van der Waals surface area contributed by atoms with Crippen LogP contribution in [0.5, 0.6) is 0 Å². The van der Waals surface area contributed by atoms with Gasteiger partial charge in [0.15, 0.2) is 0 Å². The van der Waals surface area contributed by atoms with Crippen LogP contribution in [0.15, 0.2) is 103 Å². The summed E-state index contributed by atoms with van der Waals surface area (Å²) >= 11 is 0. The van der Waals surface area contributed by atoms with E-state index < -0.39 is 6.17 Å². The van der Waals surface area contributed by atoms with Crippen molar-refractivity contribution in [3.8, 4) is 11.1 Å². The predicted octanol–water partition coefficient (Wildman–Crippen LogP) is 8.18. The Morgan fingerprint density at radius 1 is 0.744 bits per heavy atom. The van der Waals surface area contributed by atoms with Gasteiger partial charge in [-0.25, -0.2) is 4.39 Å². The summed E-state index contributed by atoms with van der Waals surface area (Å²) in [7, 11) is 0. The van der Waals surface area contributed by atoms with Crippen molar-refractivity contribution in [2.75, 3.05) is 16.3 Å². The highest BCUT2D eigenvalue weighted by Crippen LogP contribution is 2.51. The fourth-order valence-electron chi connectivity index (χ4n) is 8.60. The number of alkyl halides is 1. The lowest BCUT2D eigenvalue weighted by Crippen LogP contribution is -2.62. The molecule has 0 fully saturated rings. The molecule has 4 aliphatic rings. The van der Waals surface area contributed by atoms with E-state index in [-0.39, 0.29) is 12.1 Å². The maximum absolute atomic E-state index is 15.9. The molecule has 4 heteroatoms. The van der Waals surface area contributed by atoms with Crippen molar-refractivity contribution in [1.82, 2.24) is 0 Å². The highest BCUT2D eigenvalue weighted by atomic mass is 19.1. The number of nitrogens with zero attached hydrogens (tertiary/aromatic N) is 2. The van der Waals surface area contributed by atoms with Crippen molar-refractivity contribution in [1.29, 1.82) is 0 Å². The minimum absolute atomic E-state index is 0.0593. The van der Waals surface area contributed by atoms with E-state index in [2.05, 4.69) is 128 Å². The predicted molar refractivity (Wildman–Crippen MR) is 179 cm³/mol. The van der Waals surface area contributed by atoms with Crippen LogP contribution in [0.3, 0.4) is 0 Å². The summed E-state index contributed by atoms with van der Waals surface area (Å²) in [6, 6.07) is 37.8. The lowest BCUT2D eigenvalue weighted by Gasteiger charge is -2.45. The van der Waals surface area contributed by atoms with Crippen LogP contribution < -0.4 is 26.2 Å². The highest BCUT2D eigenvalue weighted by Gasteiger charge is 2.44. The zero-order valence-electron chi connectivity index (χ0n) is 24.9. The Balaban J connectivity index is 1.29. The molecular formula is C39H34BFN2. The number of anilines is 5. The third-order valence-electron chi connectivity index (χ3n) is 10.7. The van der Waals surface area contributed by atoms with Crippen LogP contribution in [0.25, 0.3) is 11.1 Å². The first-order chi connectivity index (χ1) is 20.9. The Bertz CT molecular complexity index is 1960. The molecule has 5 aromatic rings. The van der Waals surface area contributed by atoms with E-state index in [1.54, 1.807) is 0 Å². The number of para-hydroxylation sites is 2. The maximum atomic E-state index is 15.9. The molecule has 0 aromatic heterocycles. The summed E-state index contributed by atoms with van der Waals surface area (Å²) in [6.07, 6.45) is 0.611. The van der Waals surface area contributed by atoms with Gasteiger partial charge >= 0.3 is 0 Å². The first-order valence-electron chi connectivity index (χ1n) is 15.7. The van der Waals surface area contributed by atoms with Gasteiger partial charge in [0.25, 0.3) is 6.71 Å². The number of rotatable bonds is 1. The van der Waals surface area contributed by atoms with E-state index in [1.165, 1.54) is 61.4 Å². The van der Waals surface area contributed by atoms with E-state index in [9.17, 15) is 0 Å². The van der Waals surface area contributed by atoms with Gasteiger partial charge in [-0.05, 0) is 87.7 Å². The molecule has 2 unspecified atom stereocenters. The van der Waals surface area contributed by atoms with Crippen molar-refractivity contribution >= 4 is 51.5 Å². The van der Waals surface area contributed by atoms with Crippen LogP contribution in [0.2, 0.25) is 0 Å². The molecule has 210 valence electrons. The molecule has 2 atom stereocenters. The quantitative estimate of drug-likeness (QED) is 0.187. The maximum Gasteiger partial charge on any atom is 0.252 e. The van der Waals surface area contributed by atoms with Crippen molar-refractivity contribution in [3.05, 3.63) is 120 Å². The Hall–Kier alpha value is -4.31. The van der Waals surface area contributed by atoms with Crippen LogP contribution >= 0.6 is 0 Å². The molecule has 0 saturated carbocycles. The number of hydrogen-bond acceptors (Lipinski definition) is 2. The molecule has 0 bridgehead atoms. The highest BCUT2D eigenvalue weighted by molar-refractivity contribution is 7.00. The molecule has 3 aliphatic heterocycles. The minimum atomic E-state index is -0.952. The first kappa shape index (κ1) is 25.2. The second-order valence-electron chi connectivity index (χ2n) is 13.5. The Morgan fingerprint density at radius 3 is 2.37 bits per heavy atom.